The van der Waals surface area contributed by atoms with Crippen molar-refractivity contribution in [1.29, 1.82) is 0 Å². The van der Waals surface area contributed by atoms with Gasteiger partial charge in [0.15, 0.2) is 11.7 Å². The van der Waals surface area contributed by atoms with Crippen LogP contribution < -0.4 is 5.32 Å². The number of ketones is 1. The minimum atomic E-state index is -0.515. The van der Waals surface area contributed by atoms with Gasteiger partial charge >= 0.3 is 5.97 Å². The summed E-state index contributed by atoms with van der Waals surface area (Å²) in [4.78, 5) is 22.3. The van der Waals surface area contributed by atoms with Gasteiger partial charge in [0.25, 0.3) is 0 Å². The Bertz CT molecular complexity index is 191. The SMILES string of the molecule is CCOC(=O)C1C[NH2+]CCC1=O. The molecule has 1 aliphatic rings. The van der Waals surface area contributed by atoms with Crippen molar-refractivity contribution in [1.82, 2.24) is 0 Å². The zero-order valence-electron chi connectivity index (χ0n) is 7.21. The van der Waals surface area contributed by atoms with Gasteiger partial charge in [0.05, 0.1) is 26.1 Å². The highest BCUT2D eigenvalue weighted by molar-refractivity contribution is 5.99. The molecular weight excluding hydrogens is 158 g/mol. The molecule has 0 aliphatic carbocycles. The molecule has 1 fully saturated rings. The summed E-state index contributed by atoms with van der Waals surface area (Å²) < 4.78 is 4.77. The highest BCUT2D eigenvalue weighted by atomic mass is 16.5. The quantitative estimate of drug-likeness (QED) is 0.416. The van der Waals surface area contributed by atoms with E-state index >= 15 is 0 Å². The molecule has 0 aromatic carbocycles. The van der Waals surface area contributed by atoms with E-state index in [-0.39, 0.29) is 11.8 Å². The van der Waals surface area contributed by atoms with Gasteiger partial charge in [-0.05, 0) is 6.92 Å². The fourth-order valence-corrected chi connectivity index (χ4v) is 1.31. The second-order valence-electron chi connectivity index (χ2n) is 2.83. The van der Waals surface area contributed by atoms with E-state index in [1.54, 1.807) is 6.92 Å². The number of hydrogen-bond acceptors (Lipinski definition) is 3. The number of ether oxygens (including phenoxy) is 1. The third-order valence-corrected chi connectivity index (χ3v) is 1.96. The van der Waals surface area contributed by atoms with E-state index in [4.69, 9.17) is 4.74 Å². The monoisotopic (exact) mass is 172 g/mol. The second-order valence-corrected chi connectivity index (χ2v) is 2.83. The maximum absolute atomic E-state index is 11.2. The van der Waals surface area contributed by atoms with Gasteiger partial charge in [-0.2, -0.15) is 0 Å². The van der Waals surface area contributed by atoms with Crippen molar-refractivity contribution >= 4 is 11.8 Å². The molecule has 1 saturated heterocycles. The molecule has 1 atom stereocenters. The standard InChI is InChI=1S/C8H13NO3/c1-2-12-8(11)6-5-9-4-3-7(6)10/h6,9H,2-5H2,1H3/p+1. The average molecular weight is 172 g/mol. The van der Waals surface area contributed by atoms with E-state index in [9.17, 15) is 9.59 Å². The van der Waals surface area contributed by atoms with Crippen LogP contribution in [-0.2, 0) is 14.3 Å². The summed E-state index contributed by atoms with van der Waals surface area (Å²) in [6, 6.07) is 0. The Morgan fingerprint density at radius 1 is 1.75 bits per heavy atom. The molecule has 0 aromatic heterocycles. The van der Waals surface area contributed by atoms with Gasteiger partial charge in [0, 0.05) is 0 Å². The van der Waals surface area contributed by atoms with Crippen molar-refractivity contribution in [2.45, 2.75) is 13.3 Å². The summed E-state index contributed by atoms with van der Waals surface area (Å²) in [5.74, 6) is -0.854. The molecular formula is C8H14NO3+. The van der Waals surface area contributed by atoms with Gasteiger partial charge < -0.3 is 10.1 Å². The first kappa shape index (κ1) is 9.19. The van der Waals surface area contributed by atoms with Crippen LogP contribution in [-0.4, -0.2) is 31.4 Å². The predicted molar refractivity (Wildman–Crippen MR) is 41.4 cm³/mol. The van der Waals surface area contributed by atoms with Gasteiger partial charge in [0.2, 0.25) is 0 Å². The molecule has 0 amide bonds. The van der Waals surface area contributed by atoms with Crippen molar-refractivity contribution in [3.8, 4) is 0 Å². The van der Waals surface area contributed by atoms with Crippen LogP contribution in [0.1, 0.15) is 13.3 Å². The maximum Gasteiger partial charge on any atom is 0.322 e. The van der Waals surface area contributed by atoms with E-state index in [1.807, 2.05) is 5.32 Å². The van der Waals surface area contributed by atoms with Gasteiger partial charge in [0.1, 0.15) is 0 Å². The molecule has 12 heavy (non-hydrogen) atoms. The number of piperidine rings is 1. The first-order valence-electron chi connectivity index (χ1n) is 4.26. The highest BCUT2D eigenvalue weighted by Gasteiger charge is 2.32. The van der Waals surface area contributed by atoms with Crippen LogP contribution in [0, 0.1) is 5.92 Å². The number of quaternary nitrogens is 1. The lowest BCUT2D eigenvalue weighted by Crippen LogP contribution is -2.88. The van der Waals surface area contributed by atoms with Crippen LogP contribution in [0.5, 0.6) is 0 Å². The maximum atomic E-state index is 11.2. The van der Waals surface area contributed by atoms with E-state index < -0.39 is 5.92 Å². The molecule has 4 heteroatoms. The second kappa shape index (κ2) is 4.21. The Labute approximate surface area is 71.3 Å². The lowest BCUT2D eigenvalue weighted by atomic mass is 9.98. The number of hydrogen-bond donors (Lipinski definition) is 1. The van der Waals surface area contributed by atoms with E-state index in [0.29, 0.717) is 19.6 Å². The normalized spacial score (nSPS) is 23.8. The minimum absolute atomic E-state index is 0.0240. The molecule has 1 unspecified atom stereocenters. The molecule has 0 saturated carbocycles. The van der Waals surface area contributed by atoms with Crippen LogP contribution in [0.4, 0.5) is 0 Å². The van der Waals surface area contributed by atoms with Gasteiger partial charge in [-0.1, -0.05) is 0 Å². The molecule has 0 radical (unpaired) electrons. The third kappa shape index (κ3) is 2.04. The third-order valence-electron chi connectivity index (χ3n) is 1.96. The summed E-state index contributed by atoms with van der Waals surface area (Å²) in [6.07, 6.45) is 0.490. The van der Waals surface area contributed by atoms with Crippen LogP contribution in [0.2, 0.25) is 0 Å². The van der Waals surface area contributed by atoms with Gasteiger partial charge in [-0.15, -0.1) is 0 Å². The lowest BCUT2D eigenvalue weighted by Gasteiger charge is -2.16. The van der Waals surface area contributed by atoms with Crippen molar-refractivity contribution in [3.05, 3.63) is 0 Å². The average Bonchev–Trinajstić information content (AvgIpc) is 2.05. The van der Waals surface area contributed by atoms with E-state index in [2.05, 4.69) is 0 Å². The molecule has 68 valence electrons. The molecule has 0 spiro atoms. The number of rotatable bonds is 2. The number of carbonyl (C=O) groups is 2. The zero-order valence-corrected chi connectivity index (χ0v) is 7.21. The van der Waals surface area contributed by atoms with Gasteiger partial charge in [-0.3, -0.25) is 9.59 Å². The van der Waals surface area contributed by atoms with Crippen molar-refractivity contribution in [3.63, 3.8) is 0 Å². The first-order valence-corrected chi connectivity index (χ1v) is 4.26. The smallest absolute Gasteiger partial charge is 0.322 e. The van der Waals surface area contributed by atoms with Gasteiger partial charge in [-0.25, -0.2) is 0 Å². The summed E-state index contributed by atoms with van der Waals surface area (Å²) in [5, 5.41) is 1.98. The Hall–Kier alpha value is -0.900. The van der Waals surface area contributed by atoms with Crippen molar-refractivity contribution in [2.75, 3.05) is 19.7 Å². The summed E-state index contributed by atoms with van der Waals surface area (Å²) in [5.41, 5.74) is 0. The van der Waals surface area contributed by atoms with Crippen molar-refractivity contribution in [2.24, 2.45) is 5.92 Å². The molecule has 0 aromatic rings. The number of carbonyl (C=O) groups excluding carboxylic acids is 2. The zero-order chi connectivity index (χ0) is 8.97. The lowest BCUT2D eigenvalue weighted by molar-refractivity contribution is -0.660. The summed E-state index contributed by atoms with van der Waals surface area (Å²) in [7, 11) is 0. The van der Waals surface area contributed by atoms with Crippen LogP contribution >= 0.6 is 0 Å². The minimum Gasteiger partial charge on any atom is -0.465 e. The van der Waals surface area contributed by atoms with E-state index in [1.165, 1.54) is 0 Å². The molecule has 1 rings (SSSR count). The van der Waals surface area contributed by atoms with Crippen molar-refractivity contribution < 1.29 is 19.6 Å². The Morgan fingerprint density at radius 3 is 3.08 bits per heavy atom. The molecule has 1 heterocycles. The molecule has 2 N–H and O–H groups in total. The topological polar surface area (TPSA) is 60.0 Å². The van der Waals surface area contributed by atoms with Crippen LogP contribution in [0.25, 0.3) is 0 Å². The number of Topliss-reactive ketones (excluding diaryl/α,β-unsaturated/α-hetero) is 1. The number of nitrogens with two attached hydrogens (primary N) is 1. The summed E-state index contributed by atoms with van der Waals surface area (Å²) in [6.45, 7) is 3.45. The largest absolute Gasteiger partial charge is 0.465 e. The molecule has 1 aliphatic heterocycles. The summed E-state index contributed by atoms with van der Waals surface area (Å²) >= 11 is 0. The fourth-order valence-electron chi connectivity index (χ4n) is 1.31. The Kier molecular flexibility index (Phi) is 3.22. The van der Waals surface area contributed by atoms with Crippen LogP contribution in [0.15, 0.2) is 0 Å². The number of esters is 1. The van der Waals surface area contributed by atoms with Crippen LogP contribution in [0.3, 0.4) is 0 Å². The van der Waals surface area contributed by atoms with E-state index in [0.717, 1.165) is 6.54 Å². The first-order chi connectivity index (χ1) is 5.75. The molecule has 4 nitrogen and oxygen atoms in total. The predicted octanol–water partition coefficient (Wildman–Crippen LogP) is -1.30. The highest BCUT2D eigenvalue weighted by Crippen LogP contribution is 2.04. The fraction of sp³-hybridized carbons (Fsp3) is 0.750. The Balaban J connectivity index is 2.48. The molecule has 0 bridgehead atoms. The Morgan fingerprint density at radius 2 is 2.50 bits per heavy atom.